The molecule has 0 aliphatic carbocycles. The number of nitrogens with zero attached hydrogens (tertiary/aromatic N) is 4. The highest BCUT2D eigenvalue weighted by atomic mass is 35.5. The number of carbonyl (C=O) groups excluding carboxylic acids is 1. The van der Waals surface area contributed by atoms with Crippen molar-refractivity contribution >= 4 is 23.2 Å². The number of aromatic nitrogens is 2. The van der Waals surface area contributed by atoms with Crippen molar-refractivity contribution in [1.82, 2.24) is 14.7 Å². The van der Waals surface area contributed by atoms with E-state index < -0.39 is 16.9 Å². The maximum atomic E-state index is 13.0. The minimum absolute atomic E-state index is 0.0912. The summed E-state index contributed by atoms with van der Waals surface area (Å²) in [6.07, 6.45) is -4.65. The molecule has 1 aliphatic rings. The molecule has 3 rings (SSSR count). The van der Waals surface area contributed by atoms with Crippen LogP contribution in [0, 0.1) is 13.8 Å². The molecule has 1 atom stereocenters. The van der Waals surface area contributed by atoms with Crippen LogP contribution in [0.1, 0.15) is 23.9 Å². The van der Waals surface area contributed by atoms with Gasteiger partial charge in [-0.15, -0.1) is 0 Å². The molecule has 152 valence electrons. The Morgan fingerprint density at radius 2 is 1.86 bits per heavy atom. The molecule has 1 aromatic heterocycles. The van der Waals surface area contributed by atoms with E-state index in [1.165, 1.54) is 12.5 Å². The molecular formula is C19H22ClF3N4O. The van der Waals surface area contributed by atoms with Gasteiger partial charge in [0.15, 0.2) is 5.69 Å². The standard InChI is InChI=1S/C19H22ClF3N4O/c1-12-4-6-15(7-5-12)26-9-8-25(10-13(26)2)16(28)11-27-14(3)17(20)18(24-27)19(21,22)23/h4-7,13H,8-11H2,1-3H3. The first-order valence-electron chi connectivity index (χ1n) is 8.99. The molecule has 0 bridgehead atoms. The van der Waals surface area contributed by atoms with Gasteiger partial charge in [-0.05, 0) is 32.9 Å². The molecule has 9 heteroatoms. The Bertz CT molecular complexity index is 863. The third kappa shape index (κ3) is 4.11. The van der Waals surface area contributed by atoms with Crippen molar-refractivity contribution in [3.63, 3.8) is 0 Å². The van der Waals surface area contributed by atoms with E-state index in [0.717, 1.165) is 10.4 Å². The number of hydrogen-bond acceptors (Lipinski definition) is 3. The van der Waals surface area contributed by atoms with E-state index >= 15 is 0 Å². The first kappa shape index (κ1) is 20.5. The number of amides is 1. The molecule has 2 heterocycles. The molecule has 2 aromatic rings. The van der Waals surface area contributed by atoms with Crippen LogP contribution < -0.4 is 4.90 Å². The lowest BCUT2D eigenvalue weighted by Crippen LogP contribution is -2.54. The normalized spacial score (nSPS) is 17.9. The third-order valence-electron chi connectivity index (χ3n) is 5.03. The number of halogens is 4. The van der Waals surface area contributed by atoms with Crippen molar-refractivity contribution in [2.45, 2.75) is 39.5 Å². The molecule has 1 aromatic carbocycles. The van der Waals surface area contributed by atoms with E-state index in [4.69, 9.17) is 11.6 Å². The summed E-state index contributed by atoms with van der Waals surface area (Å²) in [5.74, 6) is -0.272. The van der Waals surface area contributed by atoms with E-state index in [-0.39, 0.29) is 24.2 Å². The van der Waals surface area contributed by atoms with E-state index in [1.807, 2.05) is 26.0 Å². The van der Waals surface area contributed by atoms with Crippen LogP contribution in [0.2, 0.25) is 5.02 Å². The summed E-state index contributed by atoms with van der Waals surface area (Å²) in [7, 11) is 0. The van der Waals surface area contributed by atoms with Crippen LogP contribution in [0.5, 0.6) is 0 Å². The number of piperazine rings is 1. The summed E-state index contributed by atoms with van der Waals surface area (Å²) in [4.78, 5) is 16.5. The van der Waals surface area contributed by atoms with Gasteiger partial charge in [-0.25, -0.2) is 0 Å². The first-order chi connectivity index (χ1) is 13.1. The summed E-state index contributed by atoms with van der Waals surface area (Å²) in [5, 5.41) is 3.05. The minimum atomic E-state index is -4.65. The summed E-state index contributed by atoms with van der Waals surface area (Å²) in [5.41, 5.74) is 1.25. The highest BCUT2D eigenvalue weighted by molar-refractivity contribution is 6.32. The monoisotopic (exact) mass is 414 g/mol. The number of aryl methyl sites for hydroxylation is 1. The molecule has 0 N–H and O–H groups in total. The molecule has 1 saturated heterocycles. The van der Waals surface area contributed by atoms with Gasteiger partial charge in [-0.2, -0.15) is 18.3 Å². The minimum Gasteiger partial charge on any atom is -0.365 e. The van der Waals surface area contributed by atoms with Crippen molar-refractivity contribution in [3.8, 4) is 0 Å². The van der Waals surface area contributed by atoms with Gasteiger partial charge in [-0.1, -0.05) is 29.3 Å². The van der Waals surface area contributed by atoms with Gasteiger partial charge in [0.1, 0.15) is 6.54 Å². The van der Waals surface area contributed by atoms with Crippen LogP contribution in [-0.4, -0.2) is 46.3 Å². The molecule has 28 heavy (non-hydrogen) atoms. The van der Waals surface area contributed by atoms with Crippen LogP contribution in [0.25, 0.3) is 0 Å². The average Bonchev–Trinajstić information content (AvgIpc) is 2.91. The topological polar surface area (TPSA) is 41.4 Å². The number of alkyl halides is 3. The zero-order valence-electron chi connectivity index (χ0n) is 15.9. The van der Waals surface area contributed by atoms with Gasteiger partial charge < -0.3 is 9.80 Å². The van der Waals surface area contributed by atoms with E-state index in [2.05, 4.69) is 22.1 Å². The lowest BCUT2D eigenvalue weighted by molar-refractivity contribution is -0.142. The van der Waals surface area contributed by atoms with Crippen molar-refractivity contribution < 1.29 is 18.0 Å². The number of benzene rings is 1. The second-order valence-corrected chi connectivity index (χ2v) is 7.50. The van der Waals surface area contributed by atoms with Crippen molar-refractivity contribution in [1.29, 1.82) is 0 Å². The van der Waals surface area contributed by atoms with Crippen molar-refractivity contribution in [3.05, 3.63) is 46.2 Å². The number of carbonyl (C=O) groups is 1. The van der Waals surface area contributed by atoms with Crippen LogP contribution >= 0.6 is 11.6 Å². The lowest BCUT2D eigenvalue weighted by Gasteiger charge is -2.41. The predicted molar refractivity (Wildman–Crippen MR) is 102 cm³/mol. The summed E-state index contributed by atoms with van der Waals surface area (Å²) in [6.45, 7) is 6.86. The Labute approximate surface area is 166 Å². The summed E-state index contributed by atoms with van der Waals surface area (Å²) < 4.78 is 39.9. The molecular weight excluding hydrogens is 393 g/mol. The van der Waals surface area contributed by atoms with E-state index in [0.29, 0.717) is 19.6 Å². The molecule has 0 radical (unpaired) electrons. The second-order valence-electron chi connectivity index (χ2n) is 7.12. The zero-order chi connectivity index (χ0) is 20.6. The van der Waals surface area contributed by atoms with E-state index in [9.17, 15) is 18.0 Å². The quantitative estimate of drug-likeness (QED) is 0.764. The molecule has 1 amide bonds. The molecule has 0 saturated carbocycles. The van der Waals surface area contributed by atoms with Crippen LogP contribution in [0.15, 0.2) is 24.3 Å². The molecule has 1 fully saturated rings. The number of anilines is 1. The smallest absolute Gasteiger partial charge is 0.365 e. The van der Waals surface area contributed by atoms with Crippen LogP contribution in [-0.2, 0) is 17.5 Å². The molecule has 0 spiro atoms. The van der Waals surface area contributed by atoms with E-state index in [1.54, 1.807) is 4.90 Å². The first-order valence-corrected chi connectivity index (χ1v) is 9.37. The van der Waals surface area contributed by atoms with Gasteiger partial charge >= 0.3 is 6.18 Å². The summed E-state index contributed by atoms with van der Waals surface area (Å²) in [6, 6.07) is 8.28. The largest absolute Gasteiger partial charge is 0.436 e. The fraction of sp³-hybridized carbons (Fsp3) is 0.474. The van der Waals surface area contributed by atoms with Gasteiger partial charge in [0, 0.05) is 31.4 Å². The highest BCUT2D eigenvalue weighted by Gasteiger charge is 2.38. The number of hydrogen-bond donors (Lipinski definition) is 0. The fourth-order valence-corrected chi connectivity index (χ4v) is 3.63. The van der Waals surface area contributed by atoms with Gasteiger partial charge in [0.05, 0.1) is 10.7 Å². The lowest BCUT2D eigenvalue weighted by atomic mass is 10.1. The van der Waals surface area contributed by atoms with Gasteiger partial charge in [0.25, 0.3) is 0 Å². The van der Waals surface area contributed by atoms with Crippen molar-refractivity contribution in [2.75, 3.05) is 24.5 Å². The number of rotatable bonds is 3. The Kier molecular flexibility index (Phi) is 5.61. The van der Waals surface area contributed by atoms with Crippen LogP contribution in [0.4, 0.5) is 18.9 Å². The summed E-state index contributed by atoms with van der Waals surface area (Å²) >= 11 is 5.75. The van der Waals surface area contributed by atoms with Gasteiger partial charge in [-0.3, -0.25) is 9.48 Å². The Hall–Kier alpha value is -2.22. The third-order valence-corrected chi connectivity index (χ3v) is 5.49. The SMILES string of the molecule is Cc1ccc(N2CCN(C(=O)Cn3nc(C(F)(F)F)c(Cl)c3C)CC2C)cc1. The maximum absolute atomic E-state index is 13.0. The highest BCUT2D eigenvalue weighted by Crippen LogP contribution is 2.35. The Morgan fingerprint density at radius 3 is 2.39 bits per heavy atom. The molecule has 5 nitrogen and oxygen atoms in total. The fourth-order valence-electron chi connectivity index (χ4n) is 3.39. The van der Waals surface area contributed by atoms with Crippen molar-refractivity contribution in [2.24, 2.45) is 0 Å². The second kappa shape index (κ2) is 7.66. The van der Waals surface area contributed by atoms with Gasteiger partial charge in [0.2, 0.25) is 5.91 Å². The Morgan fingerprint density at radius 1 is 1.21 bits per heavy atom. The maximum Gasteiger partial charge on any atom is 0.436 e. The molecule has 1 unspecified atom stereocenters. The van der Waals surface area contributed by atoms with Crippen LogP contribution in [0.3, 0.4) is 0 Å². The predicted octanol–water partition coefficient (Wildman–Crippen LogP) is 3.91. The zero-order valence-corrected chi connectivity index (χ0v) is 16.7. The average molecular weight is 415 g/mol. The molecule has 1 aliphatic heterocycles. The Balaban J connectivity index is 1.68.